The summed E-state index contributed by atoms with van der Waals surface area (Å²) in [5.41, 5.74) is -0.339. The van der Waals surface area contributed by atoms with Crippen LogP contribution in [-0.2, 0) is 11.0 Å². The number of nitrogens with one attached hydrogen (secondary N) is 1. The van der Waals surface area contributed by atoms with Crippen molar-refractivity contribution in [3.63, 3.8) is 0 Å². The summed E-state index contributed by atoms with van der Waals surface area (Å²) < 4.78 is 49.0. The molecule has 1 fully saturated rings. The van der Waals surface area contributed by atoms with Crippen LogP contribution in [0.4, 0.5) is 18.9 Å². The fourth-order valence-electron chi connectivity index (χ4n) is 3.15. The number of carbonyl (C=O) groups excluding carboxylic acids is 1. The lowest BCUT2D eigenvalue weighted by Gasteiger charge is -2.22. The van der Waals surface area contributed by atoms with Crippen LogP contribution in [-0.4, -0.2) is 36.4 Å². The Morgan fingerprint density at radius 2 is 1.79 bits per heavy atom. The van der Waals surface area contributed by atoms with Crippen LogP contribution in [0.3, 0.4) is 0 Å². The van der Waals surface area contributed by atoms with Gasteiger partial charge in [-0.15, -0.1) is 0 Å². The van der Waals surface area contributed by atoms with Crippen molar-refractivity contribution in [3.8, 4) is 17.2 Å². The van der Waals surface area contributed by atoms with Gasteiger partial charge >= 0.3 is 6.18 Å². The minimum absolute atomic E-state index is 0.0296. The van der Waals surface area contributed by atoms with E-state index in [-0.39, 0.29) is 23.1 Å². The van der Waals surface area contributed by atoms with Gasteiger partial charge in [0, 0.05) is 6.07 Å². The number of likely N-dealkylation sites (tertiary alicyclic amines) is 1. The topological polar surface area (TPSA) is 50.8 Å². The van der Waals surface area contributed by atoms with Crippen molar-refractivity contribution in [3.05, 3.63) is 48.0 Å². The molecule has 0 radical (unpaired) electrons. The summed E-state index contributed by atoms with van der Waals surface area (Å²) in [6.07, 6.45) is -2.90. The molecule has 1 aliphatic rings. The van der Waals surface area contributed by atoms with Crippen LogP contribution in [0.15, 0.2) is 42.5 Å². The van der Waals surface area contributed by atoms with Crippen LogP contribution < -0.4 is 14.8 Å². The number of methoxy groups -OCH3 is 1. The SMILES string of the molecule is COc1ccc(Oc2ccc(C(F)(F)F)cc2)cc1NC(=O)C1CCC(S)N1C. The smallest absolute Gasteiger partial charge is 0.416 e. The van der Waals surface area contributed by atoms with Crippen LogP contribution in [0.5, 0.6) is 17.2 Å². The fraction of sp³-hybridized carbons (Fsp3) is 0.350. The molecular weight excluding hydrogens is 405 g/mol. The largest absolute Gasteiger partial charge is 0.495 e. The van der Waals surface area contributed by atoms with Crippen molar-refractivity contribution in [2.75, 3.05) is 19.5 Å². The number of nitrogens with zero attached hydrogens (tertiary/aromatic N) is 1. The number of amides is 1. The summed E-state index contributed by atoms with van der Waals surface area (Å²) in [5, 5.41) is 2.87. The lowest BCUT2D eigenvalue weighted by atomic mass is 10.2. The Labute approximate surface area is 172 Å². The van der Waals surface area contributed by atoms with Crippen molar-refractivity contribution >= 4 is 24.2 Å². The molecule has 156 valence electrons. The van der Waals surface area contributed by atoms with Gasteiger partial charge in [0.2, 0.25) is 5.91 Å². The van der Waals surface area contributed by atoms with Crippen molar-refractivity contribution in [2.45, 2.75) is 30.4 Å². The number of ether oxygens (including phenoxy) is 2. The number of thiol groups is 1. The summed E-state index contributed by atoms with van der Waals surface area (Å²) in [4.78, 5) is 14.5. The Balaban J connectivity index is 1.75. The molecule has 0 bridgehead atoms. The van der Waals surface area contributed by atoms with Crippen molar-refractivity contribution in [2.24, 2.45) is 0 Å². The van der Waals surface area contributed by atoms with Gasteiger partial charge in [-0.1, -0.05) is 0 Å². The third kappa shape index (κ3) is 4.97. The minimum atomic E-state index is -4.41. The maximum Gasteiger partial charge on any atom is 0.416 e. The number of hydrogen-bond acceptors (Lipinski definition) is 5. The maximum atomic E-state index is 12.7. The highest BCUT2D eigenvalue weighted by Gasteiger charge is 2.33. The van der Waals surface area contributed by atoms with Gasteiger partial charge in [-0.05, 0) is 56.3 Å². The molecule has 2 aromatic rings. The van der Waals surface area contributed by atoms with E-state index < -0.39 is 11.7 Å². The summed E-state index contributed by atoms with van der Waals surface area (Å²) in [5.74, 6) is 0.858. The summed E-state index contributed by atoms with van der Waals surface area (Å²) >= 11 is 4.43. The Hall–Kier alpha value is -2.39. The molecule has 9 heteroatoms. The normalized spacial score (nSPS) is 19.8. The van der Waals surface area contributed by atoms with Gasteiger partial charge in [-0.3, -0.25) is 9.69 Å². The lowest BCUT2D eigenvalue weighted by Crippen LogP contribution is -2.39. The Bertz CT molecular complexity index is 874. The first-order chi connectivity index (χ1) is 13.7. The number of alkyl halides is 3. The maximum absolute atomic E-state index is 12.7. The van der Waals surface area contributed by atoms with E-state index in [4.69, 9.17) is 9.47 Å². The van der Waals surface area contributed by atoms with Gasteiger partial charge in [-0.2, -0.15) is 25.8 Å². The Morgan fingerprint density at radius 3 is 2.34 bits per heavy atom. The molecule has 1 saturated heterocycles. The minimum Gasteiger partial charge on any atom is -0.495 e. The number of likely N-dealkylation sites (N-methyl/N-ethyl adjacent to an activating group) is 1. The number of benzene rings is 2. The van der Waals surface area contributed by atoms with Crippen molar-refractivity contribution in [1.29, 1.82) is 0 Å². The molecule has 2 unspecified atom stereocenters. The number of halogens is 3. The molecule has 1 amide bonds. The van der Waals surface area contributed by atoms with E-state index in [0.29, 0.717) is 23.6 Å². The van der Waals surface area contributed by atoms with Crippen LogP contribution >= 0.6 is 12.6 Å². The summed E-state index contributed by atoms with van der Waals surface area (Å²) in [6, 6.07) is 8.88. The highest BCUT2D eigenvalue weighted by atomic mass is 32.1. The van der Waals surface area contributed by atoms with Crippen LogP contribution in [0.2, 0.25) is 0 Å². The molecular formula is C20H21F3N2O3S. The van der Waals surface area contributed by atoms with Gasteiger partial charge in [0.15, 0.2) is 0 Å². The number of anilines is 1. The molecule has 0 spiro atoms. The molecule has 3 rings (SSSR count). The molecule has 0 aliphatic carbocycles. The zero-order chi connectivity index (χ0) is 21.2. The second kappa shape index (κ2) is 8.54. The van der Waals surface area contributed by atoms with E-state index in [1.807, 2.05) is 11.9 Å². The van der Waals surface area contributed by atoms with E-state index in [2.05, 4.69) is 17.9 Å². The molecule has 0 saturated carbocycles. The summed E-state index contributed by atoms with van der Waals surface area (Å²) in [7, 11) is 3.32. The third-order valence-corrected chi connectivity index (χ3v) is 5.43. The molecule has 2 atom stereocenters. The second-order valence-electron chi connectivity index (χ2n) is 6.71. The van der Waals surface area contributed by atoms with E-state index in [9.17, 15) is 18.0 Å². The monoisotopic (exact) mass is 426 g/mol. The average molecular weight is 426 g/mol. The number of hydrogen-bond donors (Lipinski definition) is 2. The third-order valence-electron chi connectivity index (χ3n) is 4.81. The van der Waals surface area contributed by atoms with Crippen LogP contribution in [0, 0.1) is 0 Å². The molecule has 5 nitrogen and oxygen atoms in total. The zero-order valence-electron chi connectivity index (χ0n) is 15.9. The number of carbonyl (C=O) groups is 1. The quantitative estimate of drug-likeness (QED) is 0.675. The fourth-order valence-corrected chi connectivity index (χ4v) is 3.46. The first-order valence-electron chi connectivity index (χ1n) is 8.93. The zero-order valence-corrected chi connectivity index (χ0v) is 16.8. The van der Waals surface area contributed by atoms with E-state index in [1.54, 1.807) is 18.2 Å². The highest BCUT2D eigenvalue weighted by molar-refractivity contribution is 7.80. The van der Waals surface area contributed by atoms with Gasteiger partial charge in [0.1, 0.15) is 17.2 Å². The summed E-state index contributed by atoms with van der Waals surface area (Å²) in [6.45, 7) is 0. The van der Waals surface area contributed by atoms with Crippen molar-refractivity contribution < 1.29 is 27.4 Å². The highest BCUT2D eigenvalue weighted by Crippen LogP contribution is 2.34. The Kier molecular flexibility index (Phi) is 6.28. The van der Waals surface area contributed by atoms with E-state index >= 15 is 0 Å². The van der Waals surface area contributed by atoms with Crippen LogP contribution in [0.1, 0.15) is 18.4 Å². The standard InChI is InChI=1S/C20H21F3N2O3S/c1-25-16(8-10-18(25)29)19(26)24-15-11-14(7-9-17(15)27-2)28-13-5-3-12(4-6-13)20(21,22)23/h3-7,9,11,16,18,29H,8,10H2,1-2H3,(H,24,26). The molecule has 29 heavy (non-hydrogen) atoms. The van der Waals surface area contributed by atoms with Gasteiger partial charge in [0.25, 0.3) is 0 Å². The first-order valence-corrected chi connectivity index (χ1v) is 9.44. The molecule has 2 aromatic carbocycles. The van der Waals surface area contributed by atoms with Gasteiger partial charge in [-0.25, -0.2) is 0 Å². The molecule has 0 aromatic heterocycles. The van der Waals surface area contributed by atoms with Gasteiger partial charge in [0.05, 0.1) is 29.8 Å². The lowest BCUT2D eigenvalue weighted by molar-refractivity contribution is -0.137. The molecule has 1 heterocycles. The van der Waals surface area contributed by atoms with Gasteiger partial charge < -0.3 is 14.8 Å². The van der Waals surface area contributed by atoms with Crippen LogP contribution in [0.25, 0.3) is 0 Å². The predicted molar refractivity (Wildman–Crippen MR) is 107 cm³/mol. The first kappa shape index (κ1) is 21.3. The average Bonchev–Trinajstić information content (AvgIpc) is 3.00. The molecule has 1 N–H and O–H groups in total. The second-order valence-corrected chi connectivity index (χ2v) is 7.31. The van der Waals surface area contributed by atoms with E-state index in [1.165, 1.54) is 19.2 Å². The molecule has 1 aliphatic heterocycles. The van der Waals surface area contributed by atoms with Crippen molar-refractivity contribution in [1.82, 2.24) is 4.90 Å². The Morgan fingerprint density at radius 1 is 1.14 bits per heavy atom. The van der Waals surface area contributed by atoms with E-state index in [0.717, 1.165) is 18.6 Å². The predicted octanol–water partition coefficient (Wildman–Crippen LogP) is 4.79. The number of rotatable bonds is 5.